The summed E-state index contributed by atoms with van der Waals surface area (Å²) in [6.45, 7) is 3.77. The fraction of sp³-hybridized carbons (Fsp3) is 0.423. The number of nitrogens with zero attached hydrogens (tertiary/aromatic N) is 5. The molecule has 8 nitrogen and oxygen atoms in total. The van der Waals surface area contributed by atoms with Crippen LogP contribution in [0.15, 0.2) is 42.9 Å². The summed E-state index contributed by atoms with van der Waals surface area (Å²) in [6, 6.07) is 8.33. The molecular weight excluding hydrogens is 441 g/mol. The topological polar surface area (TPSA) is 90.2 Å². The summed E-state index contributed by atoms with van der Waals surface area (Å²) in [5, 5.41) is 4.59. The lowest BCUT2D eigenvalue weighted by Crippen LogP contribution is -2.37. The molecule has 4 rings (SSSR count). The van der Waals surface area contributed by atoms with Gasteiger partial charge >= 0.3 is 5.97 Å². The van der Waals surface area contributed by atoms with Crippen molar-refractivity contribution < 1.29 is 14.3 Å². The lowest BCUT2D eigenvalue weighted by atomic mass is 9.90. The first kappa shape index (κ1) is 24.8. The molecule has 2 aromatic heterocycles. The molecule has 3 heterocycles. The Morgan fingerprint density at radius 3 is 2.69 bits per heavy atom. The quantitative estimate of drug-likeness (QED) is 0.255. The molecule has 181 valence electrons. The van der Waals surface area contributed by atoms with Gasteiger partial charge in [0.05, 0.1) is 32.0 Å². The van der Waals surface area contributed by atoms with E-state index in [0.717, 1.165) is 78.7 Å². The van der Waals surface area contributed by atoms with E-state index in [0.29, 0.717) is 12.5 Å². The molecule has 0 amide bonds. The van der Waals surface area contributed by atoms with Crippen LogP contribution < -0.4 is 0 Å². The highest BCUT2D eigenvalue weighted by atomic mass is 16.5. The number of methoxy groups -OCH3 is 1. The van der Waals surface area contributed by atoms with Crippen LogP contribution in [0.5, 0.6) is 0 Å². The van der Waals surface area contributed by atoms with Crippen molar-refractivity contribution >= 4 is 19.6 Å². The Kier molecular flexibility index (Phi) is 8.42. The maximum atomic E-state index is 11.8. The Morgan fingerprint density at radius 2 is 1.94 bits per heavy atom. The first-order valence-corrected chi connectivity index (χ1v) is 12.1. The van der Waals surface area contributed by atoms with Crippen LogP contribution in [0.4, 0.5) is 0 Å². The normalized spacial score (nSPS) is 14.6. The molecule has 1 aliphatic heterocycles. The number of aromatic nitrogens is 4. The van der Waals surface area contributed by atoms with Crippen LogP contribution in [-0.4, -0.2) is 64.3 Å². The Balaban J connectivity index is 1.38. The number of rotatable bonds is 10. The van der Waals surface area contributed by atoms with Crippen molar-refractivity contribution in [3.05, 3.63) is 76.6 Å². The van der Waals surface area contributed by atoms with Crippen LogP contribution in [0.25, 0.3) is 0 Å². The van der Waals surface area contributed by atoms with E-state index < -0.39 is 0 Å². The molecule has 35 heavy (non-hydrogen) atoms. The molecule has 0 bridgehead atoms. The summed E-state index contributed by atoms with van der Waals surface area (Å²) in [7, 11) is 3.03. The van der Waals surface area contributed by atoms with Crippen molar-refractivity contribution in [1.82, 2.24) is 24.6 Å². The van der Waals surface area contributed by atoms with Crippen molar-refractivity contribution in [3.8, 4) is 0 Å². The van der Waals surface area contributed by atoms with Gasteiger partial charge in [0.15, 0.2) is 0 Å². The zero-order chi connectivity index (χ0) is 24.6. The third kappa shape index (κ3) is 6.63. The zero-order valence-electron chi connectivity index (χ0n) is 20.4. The van der Waals surface area contributed by atoms with Gasteiger partial charge in [-0.1, -0.05) is 24.3 Å². The van der Waals surface area contributed by atoms with Crippen LogP contribution in [0.3, 0.4) is 0 Å². The largest absolute Gasteiger partial charge is 0.469 e. The summed E-state index contributed by atoms with van der Waals surface area (Å²) in [5.41, 5.74) is 5.30. The molecule has 0 atom stereocenters. The van der Waals surface area contributed by atoms with Crippen LogP contribution in [0, 0.1) is 6.92 Å². The number of hydrogen-bond donors (Lipinski definition) is 0. The minimum atomic E-state index is -0.233. The summed E-state index contributed by atoms with van der Waals surface area (Å²) in [6.07, 6.45) is 11.1. The van der Waals surface area contributed by atoms with Crippen LogP contribution in [0.2, 0.25) is 0 Å². The van der Waals surface area contributed by atoms with Crippen LogP contribution in [0.1, 0.15) is 52.7 Å². The molecule has 1 saturated heterocycles. The molecule has 0 aliphatic carbocycles. The monoisotopic (exact) mass is 472 g/mol. The van der Waals surface area contributed by atoms with Gasteiger partial charge in [0, 0.05) is 24.5 Å². The highest BCUT2D eigenvalue weighted by Gasteiger charge is 2.21. The van der Waals surface area contributed by atoms with Crippen molar-refractivity contribution in [1.29, 1.82) is 0 Å². The summed E-state index contributed by atoms with van der Waals surface area (Å²) >= 11 is 0. The van der Waals surface area contributed by atoms with Crippen molar-refractivity contribution in [3.63, 3.8) is 0 Å². The molecule has 0 N–H and O–H groups in total. The maximum absolute atomic E-state index is 11.8. The Labute approximate surface area is 207 Å². The van der Waals surface area contributed by atoms with Crippen LogP contribution >= 0.6 is 0 Å². The second-order valence-corrected chi connectivity index (χ2v) is 9.00. The predicted molar refractivity (Wildman–Crippen MR) is 134 cm³/mol. The van der Waals surface area contributed by atoms with E-state index >= 15 is 0 Å². The SMILES string of the molecule is COC(=O)Cc1ccccc1CCc1nc(Cc2cnn(C3CCN([B]C=O)CC3)c2)ncc1C. The van der Waals surface area contributed by atoms with Gasteiger partial charge < -0.3 is 14.3 Å². The predicted octanol–water partition coefficient (Wildman–Crippen LogP) is 2.52. The molecule has 0 unspecified atom stereocenters. The number of esters is 1. The lowest BCUT2D eigenvalue weighted by molar-refractivity contribution is -0.139. The highest BCUT2D eigenvalue weighted by molar-refractivity contribution is 6.64. The minimum Gasteiger partial charge on any atom is -0.469 e. The summed E-state index contributed by atoms with van der Waals surface area (Å²) in [4.78, 5) is 33.9. The fourth-order valence-electron chi connectivity index (χ4n) is 4.55. The van der Waals surface area contributed by atoms with E-state index in [9.17, 15) is 9.59 Å². The molecule has 1 aromatic carbocycles. The Bertz CT molecular complexity index is 1160. The molecule has 1 aliphatic rings. The van der Waals surface area contributed by atoms with Crippen LogP contribution in [-0.2, 0) is 40.0 Å². The van der Waals surface area contributed by atoms with Gasteiger partial charge in [0.25, 0.3) is 7.41 Å². The maximum Gasteiger partial charge on any atom is 0.309 e. The smallest absolute Gasteiger partial charge is 0.309 e. The third-order valence-corrected chi connectivity index (χ3v) is 6.60. The minimum absolute atomic E-state index is 0.233. The number of carbonyl (C=O) groups excluding carboxylic acids is 2. The fourth-order valence-corrected chi connectivity index (χ4v) is 4.55. The van der Waals surface area contributed by atoms with Gasteiger partial charge in [-0.05, 0) is 68.0 Å². The molecule has 9 heteroatoms. The van der Waals surface area contributed by atoms with Gasteiger partial charge in [-0.3, -0.25) is 9.48 Å². The molecule has 1 radical (unpaired) electrons. The van der Waals surface area contributed by atoms with E-state index in [2.05, 4.69) is 27.2 Å². The van der Waals surface area contributed by atoms with Crippen molar-refractivity contribution in [2.75, 3.05) is 20.2 Å². The van der Waals surface area contributed by atoms with Crippen molar-refractivity contribution in [2.45, 2.75) is 51.5 Å². The number of piperidine rings is 1. The van der Waals surface area contributed by atoms with Gasteiger partial charge in [-0.25, -0.2) is 9.97 Å². The summed E-state index contributed by atoms with van der Waals surface area (Å²) < 4.78 is 6.88. The first-order valence-electron chi connectivity index (χ1n) is 12.1. The van der Waals surface area contributed by atoms with E-state index in [1.165, 1.54) is 7.11 Å². The third-order valence-electron chi connectivity index (χ3n) is 6.60. The van der Waals surface area contributed by atoms with Gasteiger partial charge in [-0.15, -0.1) is 0 Å². The standard InChI is InChI=1S/C26H31BN5O3/c1-19-15-28-25(13-20-16-29-32(17-20)23-9-11-31(12-10-23)27-18-33)30-24(19)8-7-21-5-3-4-6-22(21)14-26(34)35-2/h3-6,15-18,23H,7-14H2,1-2H3. The van der Waals surface area contributed by atoms with E-state index in [1.54, 1.807) is 7.41 Å². The number of aryl methyl sites for hydroxylation is 3. The Hall–Kier alpha value is -3.33. The highest BCUT2D eigenvalue weighted by Crippen LogP contribution is 2.22. The average Bonchev–Trinajstić information content (AvgIpc) is 3.34. The summed E-state index contributed by atoms with van der Waals surface area (Å²) in [5.74, 6) is 0.548. The molecule has 3 aromatic rings. The molecule has 1 fully saturated rings. The number of ether oxygens (including phenoxy) is 1. The second kappa shape index (κ2) is 11.9. The second-order valence-electron chi connectivity index (χ2n) is 9.00. The number of benzene rings is 1. The van der Waals surface area contributed by atoms with E-state index in [4.69, 9.17) is 9.72 Å². The molecular formula is C26H31BN5O3. The molecule has 0 saturated carbocycles. The molecule has 0 spiro atoms. The number of carbonyl (C=O) groups is 2. The lowest BCUT2D eigenvalue weighted by Gasteiger charge is -2.30. The number of hydrogen-bond acceptors (Lipinski definition) is 7. The van der Waals surface area contributed by atoms with Gasteiger partial charge in [0.2, 0.25) is 0 Å². The average molecular weight is 472 g/mol. The zero-order valence-corrected chi connectivity index (χ0v) is 20.4. The van der Waals surface area contributed by atoms with Crippen molar-refractivity contribution in [2.24, 2.45) is 0 Å². The Morgan fingerprint density at radius 1 is 1.17 bits per heavy atom. The van der Waals surface area contributed by atoms with Gasteiger partial charge in [0.1, 0.15) is 5.82 Å². The van der Waals surface area contributed by atoms with E-state index in [-0.39, 0.29) is 12.4 Å². The first-order chi connectivity index (χ1) is 17.1. The van der Waals surface area contributed by atoms with Gasteiger partial charge in [-0.2, -0.15) is 5.10 Å². The van der Waals surface area contributed by atoms with E-state index in [1.807, 2.05) is 42.2 Å².